The van der Waals surface area contributed by atoms with E-state index in [1.807, 2.05) is 56.3 Å². The predicted molar refractivity (Wildman–Crippen MR) is 150 cm³/mol. The molecule has 3 aromatic carbocycles. The fraction of sp³-hybridized carbons (Fsp3) is 0.103. The number of nitrogens with zero attached hydrogens (tertiary/aromatic N) is 2. The van der Waals surface area contributed by atoms with E-state index in [4.69, 9.17) is 0 Å². The van der Waals surface area contributed by atoms with E-state index in [0.29, 0.717) is 11.1 Å². The van der Waals surface area contributed by atoms with E-state index in [1.165, 1.54) is 11.7 Å². The molecule has 7 heteroatoms. The van der Waals surface area contributed by atoms with Gasteiger partial charge in [0, 0.05) is 42.7 Å². The van der Waals surface area contributed by atoms with Crippen molar-refractivity contribution < 1.29 is 8.78 Å². The first-order valence-electron chi connectivity index (χ1n) is 11.4. The summed E-state index contributed by atoms with van der Waals surface area (Å²) < 4.78 is 38.2. The Kier molecular flexibility index (Phi) is 6.07. The number of aromatic nitrogens is 2. The van der Waals surface area contributed by atoms with Gasteiger partial charge in [0.25, 0.3) is 0 Å². The Bertz CT molecular complexity index is 1690. The Morgan fingerprint density at radius 3 is 1.89 bits per heavy atom. The Hall–Kier alpha value is -3.13. The molecule has 6 rings (SSSR count). The second-order valence-electron chi connectivity index (χ2n) is 8.76. The van der Waals surface area contributed by atoms with E-state index in [0.717, 1.165) is 59.3 Å². The number of allylic oxidation sites excluding steroid dienone is 2. The summed E-state index contributed by atoms with van der Waals surface area (Å²) >= 11 is 4.37. The highest BCUT2D eigenvalue weighted by Gasteiger charge is 2.19. The molecule has 1 aliphatic rings. The minimum atomic E-state index is -0.209. The standard InChI is InChI=1S/C29H20F2N2S3/c1-16-3-6-20(23(30)13-16)25-10-5-18(15-34-25)19-8-9-22(29-28(19)32-36-33-29)27-12-11-26(35-27)21-7-4-17(2)14-24(21)31/h3-14H,15H2,1-2H3. The van der Waals surface area contributed by atoms with Crippen molar-refractivity contribution >= 4 is 56.3 Å². The zero-order chi connectivity index (χ0) is 24.8. The molecule has 0 unspecified atom stereocenters. The molecule has 0 radical (unpaired) electrons. The van der Waals surface area contributed by atoms with Crippen molar-refractivity contribution in [3.8, 4) is 20.9 Å². The summed E-state index contributed by atoms with van der Waals surface area (Å²) in [4.78, 5) is 2.84. The Morgan fingerprint density at radius 2 is 1.25 bits per heavy atom. The van der Waals surface area contributed by atoms with Crippen LogP contribution < -0.4 is 0 Å². The predicted octanol–water partition coefficient (Wildman–Crippen LogP) is 9.15. The number of benzene rings is 3. The molecule has 1 aliphatic heterocycles. The molecule has 0 atom stereocenters. The lowest BCUT2D eigenvalue weighted by molar-refractivity contribution is 0.623. The highest BCUT2D eigenvalue weighted by molar-refractivity contribution is 8.08. The van der Waals surface area contributed by atoms with Crippen LogP contribution in [-0.2, 0) is 0 Å². The molecular weight excluding hydrogens is 511 g/mol. The van der Waals surface area contributed by atoms with Crippen LogP contribution in [0, 0.1) is 25.5 Å². The average molecular weight is 531 g/mol. The third kappa shape index (κ3) is 4.21. The number of halogens is 2. The van der Waals surface area contributed by atoms with E-state index >= 15 is 0 Å². The van der Waals surface area contributed by atoms with Gasteiger partial charge in [-0.1, -0.05) is 42.5 Å². The van der Waals surface area contributed by atoms with E-state index < -0.39 is 0 Å². The monoisotopic (exact) mass is 530 g/mol. The third-order valence-electron chi connectivity index (χ3n) is 6.23. The van der Waals surface area contributed by atoms with Crippen molar-refractivity contribution in [1.29, 1.82) is 0 Å². The van der Waals surface area contributed by atoms with Crippen LogP contribution in [0.3, 0.4) is 0 Å². The zero-order valence-corrected chi connectivity index (χ0v) is 22.0. The number of hydrogen-bond acceptors (Lipinski definition) is 5. The fourth-order valence-corrected chi connectivity index (χ4v) is 7.04. The van der Waals surface area contributed by atoms with Crippen molar-refractivity contribution in [2.45, 2.75) is 13.8 Å². The van der Waals surface area contributed by atoms with Gasteiger partial charge in [-0.05, 0) is 60.9 Å². The summed E-state index contributed by atoms with van der Waals surface area (Å²) in [5.74, 6) is 0.321. The van der Waals surface area contributed by atoms with Crippen molar-refractivity contribution in [3.05, 3.63) is 107 Å². The number of hydrogen-bond donors (Lipinski definition) is 0. The highest BCUT2D eigenvalue weighted by Crippen LogP contribution is 2.42. The first kappa shape index (κ1) is 23.3. The van der Waals surface area contributed by atoms with Crippen molar-refractivity contribution in [1.82, 2.24) is 8.75 Å². The van der Waals surface area contributed by atoms with Gasteiger partial charge >= 0.3 is 0 Å². The Balaban J connectivity index is 1.35. The maximum atomic E-state index is 14.5. The number of fused-ring (bicyclic) bond motifs is 1. The van der Waals surface area contributed by atoms with Crippen molar-refractivity contribution in [2.24, 2.45) is 0 Å². The molecule has 0 saturated heterocycles. The van der Waals surface area contributed by atoms with Gasteiger partial charge in [-0.15, -0.1) is 23.1 Å². The summed E-state index contributed by atoms with van der Waals surface area (Å²) in [6, 6.07) is 18.8. The molecule has 2 aromatic heterocycles. The normalized spacial score (nSPS) is 13.7. The quantitative estimate of drug-likeness (QED) is 0.232. The number of thiophene rings is 1. The van der Waals surface area contributed by atoms with Crippen LogP contribution in [-0.4, -0.2) is 14.5 Å². The minimum Gasteiger partial charge on any atom is -0.206 e. The van der Waals surface area contributed by atoms with Gasteiger partial charge in [-0.25, -0.2) is 8.78 Å². The summed E-state index contributed by atoms with van der Waals surface area (Å²) in [7, 11) is 0. The summed E-state index contributed by atoms with van der Waals surface area (Å²) in [5.41, 5.74) is 7.93. The van der Waals surface area contributed by atoms with Gasteiger partial charge < -0.3 is 0 Å². The van der Waals surface area contributed by atoms with Gasteiger partial charge in [-0.3, -0.25) is 0 Å². The number of thioether (sulfide) groups is 1. The maximum absolute atomic E-state index is 14.5. The molecule has 0 amide bonds. The van der Waals surface area contributed by atoms with E-state index in [2.05, 4.69) is 27.0 Å². The third-order valence-corrected chi connectivity index (χ3v) is 9.03. The molecule has 0 spiro atoms. The molecular formula is C29H20F2N2S3. The second-order valence-corrected chi connectivity index (χ2v) is 11.4. The van der Waals surface area contributed by atoms with Gasteiger partial charge in [0.1, 0.15) is 22.7 Å². The van der Waals surface area contributed by atoms with Gasteiger partial charge in [0.05, 0.1) is 11.7 Å². The molecule has 178 valence electrons. The van der Waals surface area contributed by atoms with Crippen LogP contribution in [0.5, 0.6) is 0 Å². The van der Waals surface area contributed by atoms with E-state index in [-0.39, 0.29) is 11.6 Å². The summed E-state index contributed by atoms with van der Waals surface area (Å²) in [5, 5.41) is 0. The van der Waals surface area contributed by atoms with E-state index in [1.54, 1.807) is 35.2 Å². The van der Waals surface area contributed by atoms with Gasteiger partial charge in [-0.2, -0.15) is 8.75 Å². The Labute approximate surface area is 220 Å². The first-order valence-corrected chi connectivity index (χ1v) is 13.9. The van der Waals surface area contributed by atoms with Gasteiger partial charge in [0.2, 0.25) is 0 Å². The molecule has 0 aliphatic carbocycles. The van der Waals surface area contributed by atoms with Crippen LogP contribution in [0.2, 0.25) is 0 Å². The van der Waals surface area contributed by atoms with Crippen molar-refractivity contribution in [2.75, 3.05) is 5.75 Å². The number of aryl methyl sites for hydroxylation is 2. The maximum Gasteiger partial charge on any atom is 0.132 e. The minimum absolute atomic E-state index is 0.193. The van der Waals surface area contributed by atoms with Crippen LogP contribution in [0.15, 0.2) is 72.8 Å². The molecule has 0 N–H and O–H groups in total. The first-order chi connectivity index (χ1) is 17.5. The Morgan fingerprint density at radius 1 is 0.667 bits per heavy atom. The lowest BCUT2D eigenvalue weighted by atomic mass is 10.0. The molecule has 2 nitrogen and oxygen atoms in total. The molecule has 5 aromatic rings. The average Bonchev–Trinajstić information content (AvgIpc) is 3.54. The zero-order valence-electron chi connectivity index (χ0n) is 19.5. The molecule has 0 fully saturated rings. The topological polar surface area (TPSA) is 25.8 Å². The van der Waals surface area contributed by atoms with Crippen LogP contribution in [0.1, 0.15) is 22.3 Å². The van der Waals surface area contributed by atoms with Crippen molar-refractivity contribution in [3.63, 3.8) is 0 Å². The lowest BCUT2D eigenvalue weighted by Crippen LogP contribution is -1.97. The number of rotatable bonds is 4. The smallest absolute Gasteiger partial charge is 0.132 e. The summed E-state index contributed by atoms with van der Waals surface area (Å²) in [6.45, 7) is 3.78. The molecule has 0 saturated carbocycles. The molecule has 36 heavy (non-hydrogen) atoms. The van der Waals surface area contributed by atoms with E-state index in [9.17, 15) is 8.78 Å². The summed E-state index contributed by atoms with van der Waals surface area (Å²) in [6.07, 6.45) is 4.04. The SMILES string of the molecule is Cc1ccc(C2=CC=C(c3ccc(-c4ccc(-c5ccc(C)cc5F)s4)c4nsnc34)CS2)c(F)c1. The highest BCUT2D eigenvalue weighted by atomic mass is 32.2. The van der Waals surface area contributed by atoms with Crippen LogP contribution in [0.25, 0.3) is 42.4 Å². The second kappa shape index (κ2) is 9.39. The fourth-order valence-electron chi connectivity index (χ4n) is 4.35. The van der Waals surface area contributed by atoms with Crippen LogP contribution >= 0.6 is 34.8 Å². The molecule has 3 heterocycles. The molecule has 0 bridgehead atoms. The largest absolute Gasteiger partial charge is 0.206 e. The van der Waals surface area contributed by atoms with Crippen LogP contribution in [0.4, 0.5) is 8.78 Å². The van der Waals surface area contributed by atoms with Gasteiger partial charge in [0.15, 0.2) is 0 Å². The lowest BCUT2D eigenvalue weighted by Gasteiger charge is -2.16.